The van der Waals surface area contributed by atoms with Crippen LogP contribution in [0.15, 0.2) is 115 Å². The van der Waals surface area contributed by atoms with Crippen molar-refractivity contribution in [2.24, 2.45) is 16.9 Å². The van der Waals surface area contributed by atoms with Gasteiger partial charge in [-0.05, 0) is 95.3 Å². The Balaban J connectivity index is 1.41. The number of fused-ring (bicyclic) bond motifs is 6. The van der Waals surface area contributed by atoms with Crippen molar-refractivity contribution in [2.75, 3.05) is 37.4 Å². The monoisotopic (exact) mass is 2060 g/mol. The predicted molar refractivity (Wildman–Crippen MR) is 522 cm³/mol. The molecule has 7 rings (SSSR count). The van der Waals surface area contributed by atoms with E-state index in [1.54, 1.807) is 66.7 Å². The molecule has 2 aliphatic heterocycles. The molecule has 0 fully saturated rings. The van der Waals surface area contributed by atoms with Gasteiger partial charge < -0.3 is 127 Å². The molecule has 50 heteroatoms. The van der Waals surface area contributed by atoms with Gasteiger partial charge in [0.2, 0.25) is 112 Å². The number of aliphatic carboxylic acids is 4. The molecule has 25 N–H and O–H groups in total. The van der Waals surface area contributed by atoms with E-state index in [0.717, 1.165) is 54.0 Å². The Labute approximate surface area is 839 Å². The zero-order chi connectivity index (χ0) is 107. The number of hydrogen-bond acceptors (Lipinski definition) is 27. The molecule has 0 aliphatic carbocycles. The lowest BCUT2D eigenvalue weighted by Crippen LogP contribution is -2.62. The van der Waals surface area contributed by atoms with Crippen LogP contribution in [0.4, 0.5) is 0 Å². The molecular weight excluding hydrogens is 1940 g/mol. The standard InChI is InChI=1S/C94H121N19O28S3/c1-47(98-72(117)40-113(8)73(118)29-30-97-50(4)114)80(128)110-69-45-143-42-54-31-53-32-55(33-54)43-144-46-70(111-82(130)49(3)99-85(133)64(36-57-19-14-18-56-17-12-13-20-59(56)57)106-83(131)60(25-27-74(119)120)101-88(136)65(37-71(95)116)103-81(129)48(2)100-91(69)139)92(140)102-61(26-28-75(121)122)84(132)107-66(38-76(123)124)89(137)105-62(34-51-15-10-9-11-16-51)86(134)104-63(35-52-21-23-58(115)24-22-52)87(135)108-67(39-77(125)126)90(138)112-78(94(5,6)7)93(141)109-68(79(96)127)44-142-41-53/h9-24,31-33,47-49,60-70,78,115H,25-30,34-46H2,1-8H3,(H2,95,116)(H2,96,127)(H,97,114)(H,98,117)(H,99,133)(H,100,139)(H,101,136)(H,102,140)(H,103,129)(H,104,134)(H,105,137)(H,106,131)(H,107,132)(H,108,135)(H,109,141)(H,110,128)(H,111,130)(H,112,138)(H,119,120)(H,121,122)(H,123,124)(H,125,126)/t47-,48+,49+,60-,61-,62-,63-,64-,65-,66-,67-,68-,69-,70+,78+/m0/s1. The number of hydrogen-bond donors (Lipinski definition) is 23. The highest BCUT2D eigenvalue weighted by Crippen LogP contribution is 2.28. The third kappa shape index (κ3) is 38.8. The van der Waals surface area contributed by atoms with Crippen LogP contribution in [0, 0.1) is 5.41 Å². The van der Waals surface area contributed by atoms with Crippen LogP contribution in [-0.4, -0.2) is 295 Å². The SMILES string of the molecule is CC(=O)NCCC(=O)N(C)CC(=O)N[C@@H](C)C(=O)N[C@H]1CSCc2cc3cc(c2)CSC[C@@H](NC(=O)[C@@H](C)NC(=O)[C@H](Cc2cccc4ccccc24)NC(=O)[C@H](CCC(=O)O)NC(=O)[C@H](CC(N)=O)NC(=O)[C@@H](C)NC1=O)C(=O)N[C@@H](CCC(=O)O)C(=O)N[C@@H](CC(=O)O)C(=O)N[C@@H](Cc1ccccc1)C(=O)N[C@@H](Cc1ccc(O)cc1)C(=O)N[C@@H](CC(=O)O)C(=O)N[C@@H](C(C)(C)C)C(=O)N[C@H](C(N)=O)CSC3. The first-order chi connectivity index (χ1) is 67.9. The fraction of sp³-hybridized carbons (Fsp3) is 0.457. The van der Waals surface area contributed by atoms with Gasteiger partial charge in [0.05, 0.1) is 25.8 Å². The van der Waals surface area contributed by atoms with E-state index in [-0.39, 0.29) is 47.3 Å². The van der Waals surface area contributed by atoms with E-state index >= 15 is 24.0 Å². The lowest BCUT2D eigenvalue weighted by atomic mass is 9.85. The summed E-state index contributed by atoms with van der Waals surface area (Å²) in [5, 5.41) is 91.3. The molecule has 5 aromatic carbocycles. The zero-order valence-electron chi connectivity index (χ0n) is 80.0. The van der Waals surface area contributed by atoms with Gasteiger partial charge in [-0.15, -0.1) is 0 Å². The third-order valence-electron chi connectivity index (χ3n) is 22.4. The highest BCUT2D eigenvalue weighted by molar-refractivity contribution is 7.99. The lowest BCUT2D eigenvalue weighted by molar-refractivity contribution is -0.142. The second-order valence-electron chi connectivity index (χ2n) is 35.5. The van der Waals surface area contributed by atoms with Gasteiger partial charge in [-0.2, -0.15) is 35.3 Å². The molecule has 0 saturated carbocycles. The number of primary amides is 2. The van der Waals surface area contributed by atoms with E-state index in [4.69, 9.17) is 11.5 Å². The highest BCUT2D eigenvalue weighted by atomic mass is 32.2. The predicted octanol–water partition coefficient (Wildman–Crippen LogP) is -3.60. The zero-order valence-corrected chi connectivity index (χ0v) is 82.5. The summed E-state index contributed by atoms with van der Waals surface area (Å²) < 4.78 is 0. The number of carbonyl (C=O) groups excluding carboxylic acids is 19. The van der Waals surface area contributed by atoms with Gasteiger partial charge in [0, 0.05) is 93.6 Å². The van der Waals surface area contributed by atoms with E-state index in [9.17, 15) is 112 Å². The van der Waals surface area contributed by atoms with Crippen molar-refractivity contribution in [1.82, 2.24) is 90.0 Å². The van der Waals surface area contributed by atoms with Gasteiger partial charge in [0.15, 0.2) is 0 Å². The number of nitrogens with two attached hydrogens (primary N) is 2. The number of thioether (sulfide) groups is 3. The molecule has 19 amide bonds. The van der Waals surface area contributed by atoms with Crippen LogP contribution in [-0.2, 0) is 147 Å². The van der Waals surface area contributed by atoms with Crippen LogP contribution in [0.3, 0.4) is 0 Å². The number of likely N-dealkylation sites (N-methyl/N-ethyl adjacent to an activating group) is 1. The van der Waals surface area contributed by atoms with Crippen LogP contribution in [0.5, 0.6) is 5.75 Å². The first-order valence-corrected chi connectivity index (χ1v) is 49.0. The number of rotatable bonds is 27. The Kier molecular flexibility index (Phi) is 45.1. The summed E-state index contributed by atoms with van der Waals surface area (Å²) >= 11 is 2.89. The normalized spacial score (nSPS) is 22.8. The van der Waals surface area contributed by atoms with Gasteiger partial charge in [0.25, 0.3) is 0 Å². The third-order valence-corrected chi connectivity index (χ3v) is 25.7. The van der Waals surface area contributed by atoms with Gasteiger partial charge >= 0.3 is 23.9 Å². The molecule has 778 valence electrons. The number of benzene rings is 5. The average molecular weight is 2060 g/mol. The Bertz CT molecular complexity index is 5570. The summed E-state index contributed by atoms with van der Waals surface area (Å²) in [6.07, 6.45) is -8.54. The Hall–Kier alpha value is -15.0. The molecule has 0 aromatic heterocycles. The molecule has 144 heavy (non-hydrogen) atoms. The van der Waals surface area contributed by atoms with E-state index in [2.05, 4.69) is 85.1 Å². The minimum Gasteiger partial charge on any atom is -0.508 e. The minimum absolute atomic E-state index is 0.0641. The Morgan fingerprint density at radius 3 is 1.40 bits per heavy atom. The van der Waals surface area contributed by atoms with Crippen LogP contribution in [0.1, 0.15) is 133 Å². The molecule has 2 aliphatic rings. The number of carbonyl (C=O) groups is 23. The second kappa shape index (κ2) is 56.0. The lowest BCUT2D eigenvalue weighted by Gasteiger charge is -2.33. The number of amides is 19. The largest absolute Gasteiger partial charge is 0.508 e. The van der Waals surface area contributed by atoms with Crippen molar-refractivity contribution in [2.45, 2.75) is 227 Å². The van der Waals surface area contributed by atoms with E-state index in [0.29, 0.717) is 38.6 Å². The summed E-state index contributed by atoms with van der Waals surface area (Å²) in [5.41, 5.74) is 12.4. The number of nitrogens with one attached hydrogen (secondary N) is 16. The van der Waals surface area contributed by atoms with Crippen LogP contribution in [0.2, 0.25) is 0 Å². The summed E-state index contributed by atoms with van der Waals surface area (Å²) in [7, 11) is 1.28. The molecule has 2 heterocycles. The number of phenolic OH excluding ortho intramolecular Hbond substituents is 1. The highest BCUT2D eigenvalue weighted by Gasteiger charge is 2.42. The van der Waals surface area contributed by atoms with Crippen molar-refractivity contribution in [3.05, 3.63) is 149 Å². The van der Waals surface area contributed by atoms with Gasteiger partial charge in [-0.3, -0.25) is 110 Å². The summed E-state index contributed by atoms with van der Waals surface area (Å²) in [4.78, 5) is 324. The number of nitrogens with zero attached hydrogens (tertiary/aromatic N) is 1. The summed E-state index contributed by atoms with van der Waals surface area (Å²) in [6.45, 7) is 8.55. The fourth-order valence-electron chi connectivity index (χ4n) is 14.7. The van der Waals surface area contributed by atoms with Crippen LogP contribution in [0.25, 0.3) is 10.8 Å². The smallest absolute Gasteiger partial charge is 0.305 e. The van der Waals surface area contributed by atoms with E-state index in [1.165, 1.54) is 90.2 Å². The maximum atomic E-state index is 15.4. The number of carboxylic acid groups (broad SMARTS) is 4. The first kappa shape index (κ1) is 116. The number of carboxylic acids is 4. The molecule has 0 radical (unpaired) electrons. The molecule has 4 bridgehead atoms. The maximum Gasteiger partial charge on any atom is 0.305 e. The quantitative estimate of drug-likeness (QED) is 0.0242. The van der Waals surface area contributed by atoms with Crippen molar-refractivity contribution in [3.8, 4) is 5.75 Å². The first-order valence-electron chi connectivity index (χ1n) is 45.5. The van der Waals surface area contributed by atoms with E-state index < -0.39 is 314 Å². The number of aromatic hydroxyl groups is 1. The fourth-order valence-corrected chi connectivity index (χ4v) is 17.7. The van der Waals surface area contributed by atoms with Gasteiger partial charge in [0.1, 0.15) is 96.4 Å². The molecule has 15 atom stereocenters. The van der Waals surface area contributed by atoms with E-state index in [1.807, 2.05) is 0 Å². The van der Waals surface area contributed by atoms with Gasteiger partial charge in [-0.25, -0.2) is 0 Å². The molecule has 0 saturated heterocycles. The number of phenols is 1. The molecule has 47 nitrogen and oxygen atoms in total. The van der Waals surface area contributed by atoms with Gasteiger partial charge in [-0.1, -0.05) is 124 Å². The van der Waals surface area contributed by atoms with Crippen molar-refractivity contribution < 1.29 is 136 Å². The van der Waals surface area contributed by atoms with Crippen molar-refractivity contribution >= 4 is 182 Å². The van der Waals surface area contributed by atoms with Crippen LogP contribution >= 0.6 is 35.3 Å². The van der Waals surface area contributed by atoms with Crippen molar-refractivity contribution in [1.29, 1.82) is 0 Å². The Morgan fingerprint density at radius 2 is 0.882 bits per heavy atom. The summed E-state index contributed by atoms with van der Waals surface area (Å²) in [5.74, 6) is -29.8. The average Bonchev–Trinajstić information content (AvgIpc) is 0.817. The topological polar surface area (TPSA) is 742 Å². The van der Waals surface area contributed by atoms with Crippen LogP contribution < -0.4 is 96.5 Å². The second-order valence-corrected chi connectivity index (χ2v) is 38.5. The molecular formula is C94H121N19O28S3. The minimum atomic E-state index is -2.25. The Morgan fingerprint density at radius 1 is 0.451 bits per heavy atom. The van der Waals surface area contributed by atoms with Crippen molar-refractivity contribution in [3.63, 3.8) is 0 Å². The molecule has 0 unspecified atom stereocenters. The summed E-state index contributed by atoms with van der Waals surface area (Å²) in [6, 6.07) is 1.68. The molecule has 5 aromatic rings. The maximum absolute atomic E-state index is 15.4. The molecule has 0 spiro atoms.